The number of nitrogens with two attached hydrogens (primary N) is 1. The Labute approximate surface area is 148 Å². The van der Waals surface area contributed by atoms with Gasteiger partial charge in [-0.3, -0.25) is 9.09 Å². The molecule has 2 fully saturated rings. The summed E-state index contributed by atoms with van der Waals surface area (Å²) < 4.78 is 24.5. The van der Waals surface area contributed by atoms with Gasteiger partial charge in [-0.05, 0) is 18.2 Å². The summed E-state index contributed by atoms with van der Waals surface area (Å²) in [5.74, 6) is 0.288. The molecule has 136 valence electrons. The second kappa shape index (κ2) is 5.92. The van der Waals surface area contributed by atoms with Crippen LogP contribution in [0.3, 0.4) is 0 Å². The van der Waals surface area contributed by atoms with Crippen LogP contribution in [0, 0.1) is 0 Å². The summed E-state index contributed by atoms with van der Waals surface area (Å²) in [4.78, 5) is 22.5. The first-order chi connectivity index (χ1) is 11.9. The summed E-state index contributed by atoms with van der Waals surface area (Å²) in [5, 5.41) is 0. The lowest BCUT2D eigenvalue weighted by molar-refractivity contribution is -0.173. The quantitative estimate of drug-likeness (QED) is 0.709. The molecule has 0 saturated carbocycles. The molecule has 3 unspecified atom stereocenters. The smallest absolute Gasteiger partial charge is 0.324 e. The Morgan fingerprint density at radius 3 is 3.04 bits per heavy atom. The third-order valence-electron chi connectivity index (χ3n) is 4.71. The minimum absolute atomic E-state index is 0.288. The van der Waals surface area contributed by atoms with Gasteiger partial charge in [0, 0.05) is 7.11 Å². The summed E-state index contributed by atoms with van der Waals surface area (Å²) in [6, 6.07) is 0. The number of nitrogens with zero attached hydrogens (tertiary/aromatic N) is 4. The molecule has 0 amide bonds. The number of rotatable bonds is 5. The van der Waals surface area contributed by atoms with E-state index in [0.29, 0.717) is 24.2 Å². The van der Waals surface area contributed by atoms with Crippen LogP contribution < -0.4 is 5.73 Å². The fourth-order valence-electron chi connectivity index (χ4n) is 3.35. The number of nitrogen functional groups attached to an aromatic ring is 1. The Bertz CT molecular complexity index is 864. The van der Waals surface area contributed by atoms with Crippen molar-refractivity contribution >= 4 is 35.5 Å². The topological polar surface area (TPSA) is 127 Å². The molecule has 12 heteroatoms. The molecular weight excluding hydrogens is 369 g/mol. The standard InChI is InChI=1S/C13H18N5O5PS/c1-3-13-4-21-8(9(13)23-24(19,25)20-2)12(22-13)18-6-17-7-10(14)15-5-16-11(7)18/h5-6,8-9,12H,3-4H2,1-2H3,(H,19,25)(H2,14,15,16)/t8?,9?,12-,13+,24?/m1/s1. The highest BCUT2D eigenvalue weighted by molar-refractivity contribution is 8.07. The van der Waals surface area contributed by atoms with Crippen LogP contribution >= 0.6 is 6.72 Å². The number of imidazole rings is 1. The first-order valence-corrected chi connectivity index (χ1v) is 10.3. The SMILES string of the molecule is CC[C@]12COC(C1OP(O)(=S)OC)[C@H](n1cnc3c(N)ncnc31)O2. The minimum atomic E-state index is -3.37. The molecule has 2 aliphatic heterocycles. The monoisotopic (exact) mass is 387 g/mol. The van der Waals surface area contributed by atoms with E-state index in [1.165, 1.54) is 13.4 Å². The molecule has 10 nitrogen and oxygen atoms in total. The van der Waals surface area contributed by atoms with Gasteiger partial charge in [-0.15, -0.1) is 0 Å². The summed E-state index contributed by atoms with van der Waals surface area (Å²) in [5.41, 5.74) is 6.14. The molecule has 5 atom stereocenters. The molecule has 25 heavy (non-hydrogen) atoms. The van der Waals surface area contributed by atoms with Crippen molar-refractivity contribution in [2.75, 3.05) is 19.5 Å². The van der Waals surface area contributed by atoms with E-state index in [0.717, 1.165) is 0 Å². The molecule has 4 rings (SSSR count). The minimum Gasteiger partial charge on any atom is -0.382 e. The second-order valence-electron chi connectivity index (χ2n) is 5.96. The summed E-state index contributed by atoms with van der Waals surface area (Å²) >= 11 is 5.00. The summed E-state index contributed by atoms with van der Waals surface area (Å²) in [6.07, 6.45) is 1.98. The number of hydrogen-bond acceptors (Lipinski definition) is 9. The Kier molecular flexibility index (Phi) is 4.08. The highest BCUT2D eigenvalue weighted by Gasteiger charge is 2.63. The van der Waals surface area contributed by atoms with Gasteiger partial charge in [-0.1, -0.05) is 6.92 Å². The van der Waals surface area contributed by atoms with E-state index < -0.39 is 30.8 Å². The maximum Gasteiger partial charge on any atom is 0.324 e. The fraction of sp³-hybridized carbons (Fsp3) is 0.615. The zero-order chi connectivity index (χ0) is 17.8. The number of ether oxygens (including phenoxy) is 2. The largest absolute Gasteiger partial charge is 0.382 e. The molecule has 4 heterocycles. The van der Waals surface area contributed by atoms with Gasteiger partial charge in [-0.2, -0.15) is 0 Å². The van der Waals surface area contributed by atoms with Crippen molar-refractivity contribution in [3.8, 4) is 0 Å². The second-order valence-corrected chi connectivity index (χ2v) is 8.86. The summed E-state index contributed by atoms with van der Waals surface area (Å²) in [7, 11) is 1.32. The lowest BCUT2D eigenvalue weighted by atomic mass is 9.96. The van der Waals surface area contributed by atoms with Crippen LogP contribution in [0.4, 0.5) is 5.82 Å². The molecule has 2 aromatic heterocycles. The Balaban J connectivity index is 1.73. The van der Waals surface area contributed by atoms with E-state index in [2.05, 4.69) is 15.0 Å². The fourth-order valence-corrected chi connectivity index (χ4v) is 4.31. The maximum absolute atomic E-state index is 10.1. The molecule has 2 aromatic rings. The first kappa shape index (κ1) is 17.2. The highest BCUT2D eigenvalue weighted by atomic mass is 32.5. The Morgan fingerprint density at radius 1 is 1.52 bits per heavy atom. The normalized spacial score (nSPS) is 33.8. The Morgan fingerprint density at radius 2 is 2.32 bits per heavy atom. The van der Waals surface area contributed by atoms with Crippen molar-refractivity contribution < 1.29 is 23.4 Å². The van der Waals surface area contributed by atoms with Crippen LogP contribution in [-0.4, -0.2) is 55.9 Å². The molecule has 2 aliphatic rings. The van der Waals surface area contributed by atoms with Gasteiger partial charge in [0.2, 0.25) is 0 Å². The van der Waals surface area contributed by atoms with Crippen LogP contribution in [0.5, 0.6) is 0 Å². The van der Waals surface area contributed by atoms with Gasteiger partial charge in [0.25, 0.3) is 0 Å². The van der Waals surface area contributed by atoms with Gasteiger partial charge in [0.15, 0.2) is 17.7 Å². The Hall–Kier alpha value is -1.20. The average molecular weight is 387 g/mol. The van der Waals surface area contributed by atoms with E-state index in [1.807, 2.05) is 6.92 Å². The molecule has 0 aromatic carbocycles. The predicted octanol–water partition coefficient (Wildman–Crippen LogP) is 0.733. The van der Waals surface area contributed by atoms with E-state index in [9.17, 15) is 4.89 Å². The van der Waals surface area contributed by atoms with Crippen molar-refractivity contribution in [2.24, 2.45) is 0 Å². The highest BCUT2D eigenvalue weighted by Crippen LogP contribution is 2.55. The molecule has 0 aliphatic carbocycles. The number of fused-ring (bicyclic) bond motifs is 3. The van der Waals surface area contributed by atoms with E-state index >= 15 is 0 Å². The molecular formula is C13H18N5O5PS. The zero-order valence-corrected chi connectivity index (χ0v) is 15.3. The van der Waals surface area contributed by atoms with Crippen molar-refractivity contribution in [2.45, 2.75) is 37.4 Å². The van der Waals surface area contributed by atoms with Crippen molar-refractivity contribution in [3.63, 3.8) is 0 Å². The number of aromatic nitrogens is 4. The van der Waals surface area contributed by atoms with Crippen LogP contribution in [0.15, 0.2) is 12.7 Å². The average Bonchev–Trinajstić information content (AvgIpc) is 3.26. The van der Waals surface area contributed by atoms with Gasteiger partial charge >= 0.3 is 6.72 Å². The van der Waals surface area contributed by atoms with E-state index in [-0.39, 0.29) is 5.82 Å². The third kappa shape index (κ3) is 2.58. The van der Waals surface area contributed by atoms with Gasteiger partial charge in [0.1, 0.15) is 29.7 Å². The molecule has 2 saturated heterocycles. The van der Waals surface area contributed by atoms with Gasteiger partial charge in [-0.25, -0.2) is 15.0 Å². The van der Waals surface area contributed by atoms with E-state index in [1.54, 1.807) is 10.9 Å². The van der Waals surface area contributed by atoms with E-state index in [4.69, 9.17) is 36.1 Å². The van der Waals surface area contributed by atoms with Crippen molar-refractivity contribution in [3.05, 3.63) is 12.7 Å². The lowest BCUT2D eigenvalue weighted by Gasteiger charge is -2.31. The lowest BCUT2D eigenvalue weighted by Crippen LogP contribution is -2.40. The van der Waals surface area contributed by atoms with Gasteiger partial charge < -0.3 is 24.6 Å². The molecule has 3 N–H and O–H groups in total. The van der Waals surface area contributed by atoms with Crippen LogP contribution in [0.1, 0.15) is 19.6 Å². The van der Waals surface area contributed by atoms with Crippen LogP contribution in [0.25, 0.3) is 11.2 Å². The maximum atomic E-state index is 10.1. The number of hydrogen-bond donors (Lipinski definition) is 2. The first-order valence-electron chi connectivity index (χ1n) is 7.70. The molecule has 0 radical (unpaired) electrons. The van der Waals surface area contributed by atoms with Gasteiger partial charge in [0.05, 0.1) is 12.9 Å². The van der Waals surface area contributed by atoms with Crippen molar-refractivity contribution in [1.29, 1.82) is 0 Å². The molecule has 0 spiro atoms. The summed E-state index contributed by atoms with van der Waals surface area (Å²) in [6.45, 7) is -1.06. The third-order valence-corrected chi connectivity index (χ3v) is 6.37. The van der Waals surface area contributed by atoms with Crippen molar-refractivity contribution in [1.82, 2.24) is 19.5 Å². The van der Waals surface area contributed by atoms with Crippen LogP contribution in [-0.2, 0) is 30.3 Å². The molecule has 2 bridgehead atoms. The van der Waals surface area contributed by atoms with Crippen LogP contribution in [0.2, 0.25) is 0 Å². The predicted molar refractivity (Wildman–Crippen MR) is 91.0 cm³/mol. The zero-order valence-electron chi connectivity index (χ0n) is 13.6. The number of anilines is 1.